The molecule has 0 radical (unpaired) electrons. The van der Waals surface area contributed by atoms with E-state index in [2.05, 4.69) is 20.2 Å². The Morgan fingerprint density at radius 2 is 1.65 bits per heavy atom. The summed E-state index contributed by atoms with van der Waals surface area (Å²) in [6.45, 7) is 0. The molecule has 0 aliphatic heterocycles. The van der Waals surface area contributed by atoms with Crippen molar-refractivity contribution < 1.29 is 14.2 Å². The third-order valence-electron chi connectivity index (χ3n) is 3.94. The van der Waals surface area contributed by atoms with Crippen molar-refractivity contribution in [2.75, 3.05) is 14.2 Å². The molecule has 7 nitrogen and oxygen atoms in total. The molecular formula is C19H16N4O3. The van der Waals surface area contributed by atoms with Crippen molar-refractivity contribution >= 4 is 10.9 Å². The van der Waals surface area contributed by atoms with Crippen LogP contribution >= 0.6 is 0 Å². The molecule has 0 fully saturated rings. The second kappa shape index (κ2) is 6.72. The van der Waals surface area contributed by atoms with Crippen LogP contribution in [-0.4, -0.2) is 34.4 Å². The zero-order valence-electron chi connectivity index (χ0n) is 14.3. The maximum Gasteiger partial charge on any atom is 0.240 e. The van der Waals surface area contributed by atoms with E-state index in [1.807, 2.05) is 36.4 Å². The van der Waals surface area contributed by atoms with Crippen LogP contribution in [0.4, 0.5) is 0 Å². The molecule has 0 spiro atoms. The molecule has 0 saturated heterocycles. The predicted molar refractivity (Wildman–Crippen MR) is 96.7 cm³/mol. The molecule has 0 aliphatic carbocycles. The number of H-pyrrole nitrogens is 1. The Bertz CT molecular complexity index is 1050. The van der Waals surface area contributed by atoms with Gasteiger partial charge in [-0.05, 0) is 11.6 Å². The first-order valence-electron chi connectivity index (χ1n) is 7.94. The quantitative estimate of drug-likeness (QED) is 0.590. The summed E-state index contributed by atoms with van der Waals surface area (Å²) in [5.41, 5.74) is 2.57. The molecule has 4 aromatic rings. The fourth-order valence-electron chi connectivity index (χ4n) is 2.66. The Balaban J connectivity index is 1.70. The fraction of sp³-hybridized carbons (Fsp3) is 0.105. The Labute approximate surface area is 149 Å². The zero-order valence-corrected chi connectivity index (χ0v) is 14.3. The Hall–Kier alpha value is -3.61. The van der Waals surface area contributed by atoms with Crippen LogP contribution in [0.15, 0.2) is 54.9 Å². The topological polar surface area (TPSA) is 82.2 Å². The largest absolute Gasteiger partial charge is 0.493 e. The highest BCUT2D eigenvalue weighted by Crippen LogP contribution is 2.35. The van der Waals surface area contributed by atoms with Crippen molar-refractivity contribution in [1.82, 2.24) is 20.2 Å². The Morgan fingerprint density at radius 1 is 0.885 bits per heavy atom. The van der Waals surface area contributed by atoms with Gasteiger partial charge in [-0.1, -0.05) is 30.3 Å². The second-order valence-corrected chi connectivity index (χ2v) is 5.49. The van der Waals surface area contributed by atoms with Crippen molar-refractivity contribution in [3.63, 3.8) is 0 Å². The number of benzene rings is 2. The minimum absolute atomic E-state index is 0.391. The minimum Gasteiger partial charge on any atom is -0.493 e. The lowest BCUT2D eigenvalue weighted by atomic mass is 10.2. The highest BCUT2D eigenvalue weighted by molar-refractivity contribution is 5.87. The van der Waals surface area contributed by atoms with E-state index in [1.165, 1.54) is 6.33 Å². The van der Waals surface area contributed by atoms with Gasteiger partial charge in [-0.15, -0.1) is 5.10 Å². The van der Waals surface area contributed by atoms with Crippen molar-refractivity contribution in [3.8, 4) is 34.5 Å². The normalized spacial score (nSPS) is 10.7. The molecule has 0 atom stereocenters. The van der Waals surface area contributed by atoms with Crippen LogP contribution in [0.25, 0.3) is 22.2 Å². The van der Waals surface area contributed by atoms with Gasteiger partial charge < -0.3 is 14.2 Å². The molecule has 0 saturated carbocycles. The molecule has 1 N–H and O–H groups in total. The first-order valence-corrected chi connectivity index (χ1v) is 7.94. The molecule has 130 valence electrons. The van der Waals surface area contributed by atoms with Crippen molar-refractivity contribution in [2.24, 2.45) is 0 Å². The maximum atomic E-state index is 5.88. The summed E-state index contributed by atoms with van der Waals surface area (Å²) in [6.07, 6.45) is 1.44. The number of aromatic nitrogens is 4. The van der Waals surface area contributed by atoms with Gasteiger partial charge in [0.2, 0.25) is 11.8 Å². The van der Waals surface area contributed by atoms with Crippen LogP contribution in [0.1, 0.15) is 0 Å². The molecule has 0 bridgehead atoms. The average molecular weight is 348 g/mol. The number of rotatable bonds is 5. The maximum absolute atomic E-state index is 5.88. The third kappa shape index (κ3) is 2.90. The second-order valence-electron chi connectivity index (χ2n) is 5.49. The standard InChI is InChI=1S/C19H16N4O3/c1-24-16-8-13-15(9-17(16)25-2)20-11-21-19(13)26-18-10-14(22-23-18)12-6-4-3-5-7-12/h3-11H,1-2H3,(H,22,23). The van der Waals surface area contributed by atoms with E-state index in [1.54, 1.807) is 26.4 Å². The van der Waals surface area contributed by atoms with Gasteiger partial charge in [-0.2, -0.15) is 0 Å². The number of fused-ring (bicyclic) bond motifs is 1. The van der Waals surface area contributed by atoms with Crippen molar-refractivity contribution in [2.45, 2.75) is 0 Å². The molecule has 0 unspecified atom stereocenters. The number of methoxy groups -OCH3 is 2. The molecule has 0 aliphatic rings. The summed E-state index contributed by atoms with van der Waals surface area (Å²) in [5.74, 6) is 1.98. The lowest BCUT2D eigenvalue weighted by Gasteiger charge is -2.10. The summed E-state index contributed by atoms with van der Waals surface area (Å²) in [4.78, 5) is 8.50. The van der Waals surface area contributed by atoms with Crippen LogP contribution in [0.5, 0.6) is 23.3 Å². The SMILES string of the molecule is COc1cc2ncnc(Oc3cc(-c4ccccc4)[nH]n3)c2cc1OC. The number of nitrogens with zero attached hydrogens (tertiary/aromatic N) is 3. The predicted octanol–water partition coefficient (Wildman–Crippen LogP) is 3.83. The summed E-state index contributed by atoms with van der Waals surface area (Å²) in [5, 5.41) is 7.88. The van der Waals surface area contributed by atoms with Gasteiger partial charge in [0.25, 0.3) is 0 Å². The van der Waals surface area contributed by atoms with Crippen molar-refractivity contribution in [3.05, 3.63) is 54.9 Å². The van der Waals surface area contributed by atoms with E-state index in [-0.39, 0.29) is 0 Å². The van der Waals surface area contributed by atoms with Crippen molar-refractivity contribution in [1.29, 1.82) is 0 Å². The Kier molecular flexibility index (Phi) is 4.10. The van der Waals surface area contributed by atoms with Gasteiger partial charge in [0.05, 0.1) is 30.8 Å². The molecule has 4 rings (SSSR count). The molecule has 0 amide bonds. The molecule has 2 aromatic carbocycles. The highest BCUT2D eigenvalue weighted by Gasteiger charge is 2.13. The van der Waals surface area contributed by atoms with E-state index >= 15 is 0 Å². The lowest BCUT2D eigenvalue weighted by Crippen LogP contribution is -1.95. The number of ether oxygens (including phenoxy) is 3. The summed E-state index contributed by atoms with van der Waals surface area (Å²) < 4.78 is 16.5. The van der Waals surface area contributed by atoms with Crippen LogP contribution in [0.2, 0.25) is 0 Å². The van der Waals surface area contributed by atoms with E-state index in [0.717, 1.165) is 11.3 Å². The van der Waals surface area contributed by atoms with Gasteiger partial charge in [-0.25, -0.2) is 9.97 Å². The molecule has 26 heavy (non-hydrogen) atoms. The molecular weight excluding hydrogens is 332 g/mol. The van der Waals surface area contributed by atoms with Gasteiger partial charge in [-0.3, -0.25) is 5.10 Å². The first kappa shape index (κ1) is 15.9. The summed E-state index contributed by atoms with van der Waals surface area (Å²) in [7, 11) is 3.16. The minimum atomic E-state index is 0.391. The summed E-state index contributed by atoms with van der Waals surface area (Å²) >= 11 is 0. The molecule has 7 heteroatoms. The average Bonchev–Trinajstić information content (AvgIpc) is 3.16. The van der Waals surface area contributed by atoms with Gasteiger partial charge >= 0.3 is 0 Å². The number of nitrogens with one attached hydrogen (secondary N) is 1. The monoisotopic (exact) mass is 348 g/mol. The molecule has 2 heterocycles. The van der Waals surface area contributed by atoms with Crippen LogP contribution in [0.3, 0.4) is 0 Å². The van der Waals surface area contributed by atoms with Gasteiger partial charge in [0, 0.05) is 12.1 Å². The molecule has 2 aromatic heterocycles. The van der Waals surface area contributed by atoms with Gasteiger partial charge in [0.1, 0.15) is 6.33 Å². The third-order valence-corrected chi connectivity index (χ3v) is 3.94. The first-order chi connectivity index (χ1) is 12.8. The number of aromatic amines is 1. The highest BCUT2D eigenvalue weighted by atomic mass is 16.5. The van der Waals surface area contributed by atoms with E-state index in [0.29, 0.717) is 34.2 Å². The van der Waals surface area contributed by atoms with Gasteiger partial charge in [0.15, 0.2) is 11.5 Å². The van der Waals surface area contributed by atoms with Crippen LogP contribution < -0.4 is 14.2 Å². The smallest absolute Gasteiger partial charge is 0.240 e. The van der Waals surface area contributed by atoms with Crippen LogP contribution in [0, 0.1) is 0 Å². The lowest BCUT2D eigenvalue weighted by molar-refractivity contribution is 0.355. The zero-order chi connectivity index (χ0) is 17.9. The van der Waals surface area contributed by atoms with Crippen LogP contribution in [-0.2, 0) is 0 Å². The van der Waals surface area contributed by atoms with E-state index < -0.39 is 0 Å². The van der Waals surface area contributed by atoms with E-state index in [4.69, 9.17) is 14.2 Å². The number of hydrogen-bond donors (Lipinski definition) is 1. The Morgan fingerprint density at radius 3 is 2.42 bits per heavy atom. The van der Waals surface area contributed by atoms with E-state index in [9.17, 15) is 0 Å². The fourth-order valence-corrected chi connectivity index (χ4v) is 2.66. The number of hydrogen-bond acceptors (Lipinski definition) is 6. The summed E-state index contributed by atoms with van der Waals surface area (Å²) in [6, 6.07) is 15.3.